The Balaban J connectivity index is 1.65. The number of nitrogens with zero attached hydrogens (tertiary/aromatic N) is 1. The lowest BCUT2D eigenvalue weighted by Gasteiger charge is -2.40. The zero-order chi connectivity index (χ0) is 17.0. The predicted octanol–water partition coefficient (Wildman–Crippen LogP) is 0.171. The van der Waals surface area contributed by atoms with Crippen molar-refractivity contribution in [1.82, 2.24) is 10.2 Å². The molecular weight excluding hydrogens is 310 g/mol. The quantitative estimate of drug-likeness (QED) is 0.719. The van der Waals surface area contributed by atoms with Crippen molar-refractivity contribution in [1.29, 1.82) is 0 Å². The molecule has 3 N–H and O–H groups in total. The lowest BCUT2D eigenvalue weighted by atomic mass is 9.92. The summed E-state index contributed by atoms with van der Waals surface area (Å²) in [6.45, 7) is 2.87. The summed E-state index contributed by atoms with van der Waals surface area (Å²) in [7, 11) is 0. The number of nitrogens with two attached hydrogens (primary N) is 1. The first-order chi connectivity index (χ1) is 11.6. The minimum atomic E-state index is -0.505. The molecule has 0 aromatic heterocycles. The number of nitrogens with one attached hydrogen (secondary N) is 1. The van der Waals surface area contributed by atoms with Crippen molar-refractivity contribution in [3.8, 4) is 0 Å². The molecule has 0 spiro atoms. The van der Waals surface area contributed by atoms with Crippen LogP contribution in [0.5, 0.6) is 0 Å². The van der Waals surface area contributed by atoms with Crippen molar-refractivity contribution in [3.05, 3.63) is 0 Å². The van der Waals surface area contributed by atoms with Crippen molar-refractivity contribution in [2.75, 3.05) is 32.9 Å². The zero-order valence-corrected chi connectivity index (χ0v) is 14.3. The van der Waals surface area contributed by atoms with Gasteiger partial charge in [-0.25, -0.2) is 0 Å². The number of amides is 2. The van der Waals surface area contributed by atoms with Crippen LogP contribution in [0.3, 0.4) is 0 Å². The number of hydrogen-bond acceptors (Lipinski definition) is 5. The zero-order valence-electron chi connectivity index (χ0n) is 14.3. The first-order valence-corrected chi connectivity index (χ1v) is 9.15. The average molecular weight is 339 g/mol. The number of hydrogen-bond donors (Lipinski definition) is 2. The van der Waals surface area contributed by atoms with E-state index in [-0.39, 0.29) is 30.2 Å². The Morgan fingerprint density at radius 1 is 1.21 bits per heavy atom. The highest BCUT2D eigenvalue weighted by Crippen LogP contribution is 2.38. The van der Waals surface area contributed by atoms with Crippen LogP contribution in [0.2, 0.25) is 0 Å². The fraction of sp³-hybridized carbons (Fsp3) is 0.882. The van der Waals surface area contributed by atoms with Crippen molar-refractivity contribution >= 4 is 11.8 Å². The Hall–Kier alpha value is -1.18. The van der Waals surface area contributed by atoms with Crippen LogP contribution in [0, 0.1) is 0 Å². The highest BCUT2D eigenvalue weighted by molar-refractivity contribution is 5.87. The lowest BCUT2D eigenvalue weighted by Crippen LogP contribution is -2.61. The molecule has 2 atom stereocenters. The van der Waals surface area contributed by atoms with Gasteiger partial charge in [0.25, 0.3) is 0 Å². The number of primary amides is 1. The smallest absolute Gasteiger partial charge is 0.243 e. The van der Waals surface area contributed by atoms with Crippen LogP contribution in [0.15, 0.2) is 0 Å². The first kappa shape index (κ1) is 17.6. The Labute approximate surface area is 143 Å². The van der Waals surface area contributed by atoms with Crippen molar-refractivity contribution in [3.63, 3.8) is 0 Å². The maximum atomic E-state index is 13.2. The van der Waals surface area contributed by atoms with Crippen LogP contribution < -0.4 is 11.1 Å². The number of ether oxygens (including phenoxy) is 2. The highest BCUT2D eigenvalue weighted by Gasteiger charge is 2.47. The standard InChI is InChI=1S/C17H29N3O4/c18-15(21)12-24-14-11-23-10-5-13(14)19-16(22)17(6-1-2-7-17)20-8-3-4-9-20/h13-14H,1-12H2,(H2,18,21)(H,19,22)/t13-,14-/m1/s1. The van der Waals surface area contributed by atoms with Crippen LogP contribution in [0.25, 0.3) is 0 Å². The molecule has 0 unspecified atom stereocenters. The second kappa shape index (κ2) is 7.80. The molecule has 3 rings (SSSR count). The van der Waals surface area contributed by atoms with E-state index in [9.17, 15) is 9.59 Å². The van der Waals surface area contributed by atoms with E-state index in [1.807, 2.05) is 0 Å². The summed E-state index contributed by atoms with van der Waals surface area (Å²) in [5.74, 6) is -0.378. The third kappa shape index (κ3) is 3.73. The summed E-state index contributed by atoms with van der Waals surface area (Å²) in [4.78, 5) is 26.5. The van der Waals surface area contributed by atoms with Crippen molar-refractivity contribution in [2.45, 2.75) is 62.6 Å². The van der Waals surface area contributed by atoms with E-state index in [1.54, 1.807) is 0 Å². The molecule has 2 aliphatic heterocycles. The minimum absolute atomic E-state index is 0.120. The molecule has 3 aliphatic rings. The van der Waals surface area contributed by atoms with Crippen LogP contribution >= 0.6 is 0 Å². The molecule has 24 heavy (non-hydrogen) atoms. The van der Waals surface area contributed by atoms with Gasteiger partial charge < -0.3 is 20.5 Å². The number of likely N-dealkylation sites (tertiary alicyclic amines) is 1. The van der Waals surface area contributed by atoms with Gasteiger partial charge in [-0.3, -0.25) is 14.5 Å². The molecule has 1 aliphatic carbocycles. The van der Waals surface area contributed by atoms with Crippen LogP contribution in [-0.2, 0) is 19.1 Å². The molecule has 0 aromatic carbocycles. The second-order valence-electron chi connectivity index (χ2n) is 7.19. The van der Waals surface area contributed by atoms with Gasteiger partial charge in [0.05, 0.1) is 12.6 Å². The molecule has 2 amide bonds. The SMILES string of the molecule is NC(=O)CO[C@@H]1COCC[C@H]1NC(=O)C1(N2CCCC2)CCCC1. The highest BCUT2D eigenvalue weighted by atomic mass is 16.5. The summed E-state index contributed by atoms with van der Waals surface area (Å²) < 4.78 is 11.0. The Morgan fingerprint density at radius 3 is 2.58 bits per heavy atom. The largest absolute Gasteiger partial charge is 0.379 e. The number of carbonyl (C=O) groups is 2. The molecule has 7 nitrogen and oxygen atoms in total. The molecule has 0 bridgehead atoms. The van der Waals surface area contributed by atoms with E-state index in [2.05, 4.69) is 10.2 Å². The molecule has 1 saturated carbocycles. The maximum Gasteiger partial charge on any atom is 0.243 e. The van der Waals surface area contributed by atoms with Gasteiger partial charge in [-0.1, -0.05) is 12.8 Å². The first-order valence-electron chi connectivity index (χ1n) is 9.15. The van der Waals surface area contributed by atoms with E-state index in [0.717, 1.165) is 38.8 Å². The van der Waals surface area contributed by atoms with Gasteiger partial charge in [0.2, 0.25) is 11.8 Å². The number of rotatable bonds is 6. The topological polar surface area (TPSA) is 93.9 Å². The minimum Gasteiger partial charge on any atom is -0.379 e. The van der Waals surface area contributed by atoms with Gasteiger partial charge in [-0.2, -0.15) is 0 Å². The van der Waals surface area contributed by atoms with E-state index >= 15 is 0 Å². The van der Waals surface area contributed by atoms with Gasteiger partial charge in [0.15, 0.2) is 0 Å². The molecule has 0 radical (unpaired) electrons. The second-order valence-corrected chi connectivity index (χ2v) is 7.19. The van der Waals surface area contributed by atoms with Gasteiger partial charge in [0.1, 0.15) is 18.2 Å². The van der Waals surface area contributed by atoms with Crippen LogP contribution in [0.4, 0.5) is 0 Å². The molecule has 2 heterocycles. The van der Waals surface area contributed by atoms with Crippen LogP contribution in [0.1, 0.15) is 44.9 Å². The third-order valence-electron chi connectivity index (χ3n) is 5.63. The molecule has 3 fully saturated rings. The summed E-state index contributed by atoms with van der Waals surface area (Å²) in [5.41, 5.74) is 4.82. The molecule has 0 aromatic rings. The van der Waals surface area contributed by atoms with Gasteiger partial charge >= 0.3 is 0 Å². The predicted molar refractivity (Wildman–Crippen MR) is 88.3 cm³/mol. The lowest BCUT2D eigenvalue weighted by molar-refractivity contribution is -0.139. The molecule has 136 valence electrons. The third-order valence-corrected chi connectivity index (χ3v) is 5.63. The number of carbonyl (C=O) groups excluding carboxylic acids is 2. The van der Waals surface area contributed by atoms with Crippen LogP contribution in [-0.4, -0.2) is 67.3 Å². The van der Waals surface area contributed by atoms with Gasteiger partial charge in [-0.05, 0) is 45.2 Å². The fourth-order valence-corrected chi connectivity index (χ4v) is 4.33. The Kier molecular flexibility index (Phi) is 5.73. The van der Waals surface area contributed by atoms with Gasteiger partial charge in [-0.15, -0.1) is 0 Å². The van der Waals surface area contributed by atoms with Gasteiger partial charge in [0, 0.05) is 6.61 Å². The molecular formula is C17H29N3O4. The van der Waals surface area contributed by atoms with E-state index in [1.165, 1.54) is 12.8 Å². The maximum absolute atomic E-state index is 13.2. The van der Waals surface area contributed by atoms with E-state index in [4.69, 9.17) is 15.2 Å². The summed E-state index contributed by atoms with van der Waals surface area (Å²) in [5, 5.41) is 3.21. The van der Waals surface area contributed by atoms with E-state index < -0.39 is 5.91 Å². The normalized spacial score (nSPS) is 30.3. The Morgan fingerprint density at radius 2 is 1.92 bits per heavy atom. The summed E-state index contributed by atoms with van der Waals surface area (Å²) >= 11 is 0. The van der Waals surface area contributed by atoms with E-state index in [0.29, 0.717) is 19.6 Å². The monoisotopic (exact) mass is 339 g/mol. The Bertz CT molecular complexity index is 459. The molecule has 2 saturated heterocycles. The summed E-state index contributed by atoms with van der Waals surface area (Å²) in [6.07, 6.45) is 6.84. The van der Waals surface area contributed by atoms with Crippen molar-refractivity contribution in [2.24, 2.45) is 5.73 Å². The van der Waals surface area contributed by atoms with Crippen molar-refractivity contribution < 1.29 is 19.1 Å². The average Bonchev–Trinajstić information content (AvgIpc) is 3.25. The summed E-state index contributed by atoms with van der Waals surface area (Å²) in [6, 6.07) is -0.120. The molecule has 7 heteroatoms. The fourth-order valence-electron chi connectivity index (χ4n) is 4.33.